The van der Waals surface area contributed by atoms with Gasteiger partial charge in [0.15, 0.2) is 0 Å². The van der Waals surface area contributed by atoms with Crippen molar-refractivity contribution < 1.29 is 9.53 Å². The molecule has 4 aromatic rings. The first-order valence-corrected chi connectivity index (χ1v) is 10.0. The minimum Gasteiger partial charge on any atom is -0.489 e. The third-order valence-corrected chi connectivity index (χ3v) is 5.50. The predicted octanol–water partition coefficient (Wildman–Crippen LogP) is 5.26. The zero-order valence-corrected chi connectivity index (χ0v) is 16.6. The normalized spacial score (nSPS) is 10.9. The standard InChI is InChI=1S/C22H21N3O2S/c1-3-25-12-20(15(2)24-25)23-22(26)21-10-16(14-28-21)13-27-19-9-8-17-6-4-5-7-18(17)11-19/h4-12,14H,3,13H2,1-2H3,(H,23,26). The molecule has 5 nitrogen and oxygen atoms in total. The Morgan fingerprint density at radius 1 is 1.18 bits per heavy atom. The van der Waals surface area contributed by atoms with Crippen molar-refractivity contribution in [2.45, 2.75) is 27.0 Å². The Hall–Kier alpha value is -3.12. The van der Waals surface area contributed by atoms with Crippen LogP contribution in [0.5, 0.6) is 5.75 Å². The van der Waals surface area contributed by atoms with E-state index < -0.39 is 0 Å². The van der Waals surface area contributed by atoms with E-state index >= 15 is 0 Å². The average Bonchev–Trinajstić information content (AvgIpc) is 3.33. The maximum atomic E-state index is 12.5. The van der Waals surface area contributed by atoms with Gasteiger partial charge in [0.2, 0.25) is 0 Å². The summed E-state index contributed by atoms with van der Waals surface area (Å²) in [5, 5.41) is 11.6. The van der Waals surface area contributed by atoms with Crippen LogP contribution < -0.4 is 10.1 Å². The van der Waals surface area contributed by atoms with Gasteiger partial charge in [-0.3, -0.25) is 9.48 Å². The van der Waals surface area contributed by atoms with E-state index in [1.165, 1.54) is 16.7 Å². The van der Waals surface area contributed by atoms with E-state index in [1.807, 2.05) is 60.4 Å². The highest BCUT2D eigenvalue weighted by Gasteiger charge is 2.13. The largest absolute Gasteiger partial charge is 0.489 e. The number of hydrogen-bond donors (Lipinski definition) is 1. The number of aryl methyl sites for hydroxylation is 2. The fourth-order valence-electron chi connectivity index (χ4n) is 2.98. The highest BCUT2D eigenvalue weighted by atomic mass is 32.1. The van der Waals surface area contributed by atoms with Crippen molar-refractivity contribution in [2.75, 3.05) is 5.32 Å². The summed E-state index contributed by atoms with van der Waals surface area (Å²) < 4.78 is 7.72. The number of aromatic nitrogens is 2. The first-order chi connectivity index (χ1) is 13.6. The van der Waals surface area contributed by atoms with Gasteiger partial charge in [0.05, 0.1) is 16.3 Å². The van der Waals surface area contributed by atoms with E-state index in [9.17, 15) is 4.79 Å². The van der Waals surface area contributed by atoms with Crippen molar-refractivity contribution in [3.8, 4) is 5.75 Å². The van der Waals surface area contributed by atoms with Crippen LogP contribution in [0.1, 0.15) is 27.9 Å². The Labute approximate surface area is 167 Å². The molecular formula is C22H21N3O2S. The predicted molar refractivity (Wildman–Crippen MR) is 113 cm³/mol. The monoisotopic (exact) mass is 391 g/mol. The molecule has 2 aromatic heterocycles. The average molecular weight is 391 g/mol. The summed E-state index contributed by atoms with van der Waals surface area (Å²) >= 11 is 1.41. The molecule has 0 radical (unpaired) electrons. The zero-order chi connectivity index (χ0) is 19.5. The van der Waals surface area contributed by atoms with Gasteiger partial charge in [0, 0.05) is 18.3 Å². The molecule has 0 bridgehead atoms. The number of amides is 1. The second-order valence-electron chi connectivity index (χ2n) is 6.55. The zero-order valence-electron chi connectivity index (χ0n) is 15.8. The van der Waals surface area contributed by atoms with Gasteiger partial charge in [-0.05, 0) is 48.2 Å². The lowest BCUT2D eigenvalue weighted by Crippen LogP contribution is -2.10. The molecule has 0 aliphatic rings. The first-order valence-electron chi connectivity index (χ1n) is 9.17. The lowest BCUT2D eigenvalue weighted by Gasteiger charge is -2.06. The van der Waals surface area contributed by atoms with Crippen LogP contribution in [0.2, 0.25) is 0 Å². The molecule has 2 heterocycles. The molecule has 0 atom stereocenters. The van der Waals surface area contributed by atoms with Gasteiger partial charge < -0.3 is 10.1 Å². The van der Waals surface area contributed by atoms with E-state index in [2.05, 4.69) is 28.6 Å². The van der Waals surface area contributed by atoms with E-state index in [0.29, 0.717) is 11.5 Å². The molecule has 0 fully saturated rings. The number of benzene rings is 2. The minimum absolute atomic E-state index is 0.124. The number of carbonyl (C=O) groups excluding carboxylic acids is 1. The van der Waals surface area contributed by atoms with Gasteiger partial charge in [0.1, 0.15) is 12.4 Å². The molecule has 1 N–H and O–H groups in total. The summed E-state index contributed by atoms with van der Waals surface area (Å²) in [6.07, 6.45) is 1.85. The molecule has 0 unspecified atom stereocenters. The number of anilines is 1. The molecule has 2 aromatic carbocycles. The van der Waals surface area contributed by atoms with Crippen molar-refractivity contribution in [1.82, 2.24) is 9.78 Å². The minimum atomic E-state index is -0.124. The Morgan fingerprint density at radius 3 is 2.79 bits per heavy atom. The number of nitrogens with one attached hydrogen (secondary N) is 1. The summed E-state index contributed by atoms with van der Waals surface area (Å²) in [4.78, 5) is 13.2. The maximum absolute atomic E-state index is 12.5. The second kappa shape index (κ2) is 7.86. The van der Waals surface area contributed by atoms with Crippen molar-refractivity contribution >= 4 is 33.7 Å². The summed E-state index contributed by atoms with van der Waals surface area (Å²) in [7, 11) is 0. The van der Waals surface area contributed by atoms with Crippen LogP contribution in [0.25, 0.3) is 10.8 Å². The fraction of sp³-hybridized carbons (Fsp3) is 0.182. The number of hydrogen-bond acceptors (Lipinski definition) is 4. The summed E-state index contributed by atoms with van der Waals surface area (Å²) in [6.45, 7) is 5.10. The second-order valence-corrected chi connectivity index (χ2v) is 7.47. The fourth-order valence-corrected chi connectivity index (χ4v) is 3.77. The molecule has 4 rings (SSSR count). The van der Waals surface area contributed by atoms with E-state index in [4.69, 9.17) is 4.74 Å². The van der Waals surface area contributed by atoms with Crippen molar-refractivity contribution in [3.05, 3.63) is 76.2 Å². The quantitative estimate of drug-likeness (QED) is 0.488. The Morgan fingerprint density at radius 2 is 2.00 bits per heavy atom. The number of carbonyl (C=O) groups is 1. The highest BCUT2D eigenvalue weighted by molar-refractivity contribution is 7.12. The van der Waals surface area contributed by atoms with Crippen LogP contribution in [0.4, 0.5) is 5.69 Å². The van der Waals surface area contributed by atoms with E-state index in [0.717, 1.165) is 34.6 Å². The van der Waals surface area contributed by atoms with Crippen LogP contribution in [0.15, 0.2) is 60.1 Å². The summed E-state index contributed by atoms with van der Waals surface area (Å²) in [6, 6.07) is 16.1. The van der Waals surface area contributed by atoms with Crippen LogP contribution in [0, 0.1) is 6.92 Å². The third kappa shape index (κ3) is 3.92. The molecule has 0 aliphatic heterocycles. The smallest absolute Gasteiger partial charge is 0.265 e. The molecule has 0 spiro atoms. The van der Waals surface area contributed by atoms with Crippen LogP contribution in [0.3, 0.4) is 0 Å². The topological polar surface area (TPSA) is 56.2 Å². The van der Waals surface area contributed by atoms with E-state index in [1.54, 1.807) is 0 Å². The lowest BCUT2D eigenvalue weighted by molar-refractivity contribution is 0.103. The molecule has 0 aliphatic carbocycles. The first kappa shape index (κ1) is 18.3. The molecule has 6 heteroatoms. The van der Waals surface area contributed by atoms with Gasteiger partial charge in [-0.15, -0.1) is 11.3 Å². The van der Waals surface area contributed by atoms with Gasteiger partial charge >= 0.3 is 0 Å². The van der Waals surface area contributed by atoms with Gasteiger partial charge in [-0.25, -0.2) is 0 Å². The Balaban J connectivity index is 1.40. The van der Waals surface area contributed by atoms with Crippen LogP contribution >= 0.6 is 11.3 Å². The Kier molecular flexibility index (Phi) is 5.12. The van der Waals surface area contributed by atoms with Crippen molar-refractivity contribution in [1.29, 1.82) is 0 Å². The number of ether oxygens (including phenoxy) is 1. The summed E-state index contributed by atoms with van der Waals surface area (Å²) in [5.41, 5.74) is 2.53. The third-order valence-electron chi connectivity index (χ3n) is 4.52. The van der Waals surface area contributed by atoms with E-state index in [-0.39, 0.29) is 5.91 Å². The highest BCUT2D eigenvalue weighted by Crippen LogP contribution is 2.23. The van der Waals surface area contributed by atoms with Gasteiger partial charge in [0.25, 0.3) is 5.91 Å². The number of rotatable bonds is 6. The molecular weight excluding hydrogens is 370 g/mol. The molecule has 1 amide bonds. The Bertz CT molecular complexity index is 1130. The van der Waals surface area contributed by atoms with Crippen LogP contribution in [-0.4, -0.2) is 15.7 Å². The SMILES string of the molecule is CCn1cc(NC(=O)c2cc(COc3ccc4ccccc4c3)cs2)c(C)n1. The van der Waals surface area contributed by atoms with Crippen molar-refractivity contribution in [2.24, 2.45) is 0 Å². The van der Waals surface area contributed by atoms with Gasteiger partial charge in [-0.2, -0.15) is 5.10 Å². The molecule has 28 heavy (non-hydrogen) atoms. The number of fused-ring (bicyclic) bond motifs is 1. The summed E-state index contributed by atoms with van der Waals surface area (Å²) in [5.74, 6) is 0.694. The molecule has 0 saturated carbocycles. The molecule has 0 saturated heterocycles. The van der Waals surface area contributed by atoms with Crippen LogP contribution in [-0.2, 0) is 13.2 Å². The number of thiophene rings is 1. The molecule has 142 valence electrons. The number of nitrogens with zero attached hydrogens (tertiary/aromatic N) is 2. The van der Waals surface area contributed by atoms with Gasteiger partial charge in [-0.1, -0.05) is 30.3 Å². The lowest BCUT2D eigenvalue weighted by atomic mass is 10.1. The van der Waals surface area contributed by atoms with Crippen molar-refractivity contribution in [3.63, 3.8) is 0 Å². The maximum Gasteiger partial charge on any atom is 0.265 e.